The Kier molecular flexibility index (Phi) is 3.43. The molecule has 4 rings (SSSR count). The molecule has 3 aliphatic rings. The maximum Gasteiger partial charge on any atom is 0.123 e. The van der Waals surface area contributed by atoms with Crippen molar-refractivity contribution in [3.8, 4) is 5.75 Å². The smallest absolute Gasteiger partial charge is 0.123 e. The molecule has 1 aromatic rings. The molecule has 0 aromatic heterocycles. The highest BCUT2D eigenvalue weighted by molar-refractivity contribution is 5.37. The molecule has 2 heteroatoms. The Morgan fingerprint density at radius 1 is 1.05 bits per heavy atom. The predicted molar refractivity (Wildman–Crippen MR) is 81.0 cm³/mol. The zero-order chi connectivity index (χ0) is 13.4. The molecule has 0 amide bonds. The van der Waals surface area contributed by atoms with Gasteiger partial charge in [-0.25, -0.2) is 0 Å². The van der Waals surface area contributed by atoms with Crippen molar-refractivity contribution >= 4 is 0 Å². The molecular weight excluding hydrogens is 246 g/mol. The van der Waals surface area contributed by atoms with Crippen LogP contribution in [0.1, 0.15) is 44.1 Å². The van der Waals surface area contributed by atoms with Crippen molar-refractivity contribution in [3.05, 3.63) is 29.8 Å². The predicted octanol–water partition coefficient (Wildman–Crippen LogP) is 3.55. The van der Waals surface area contributed by atoms with Crippen LogP contribution in [0.3, 0.4) is 0 Å². The second kappa shape index (κ2) is 5.40. The lowest BCUT2D eigenvalue weighted by Gasteiger charge is -2.30. The highest BCUT2D eigenvalue weighted by atomic mass is 16.5. The molecule has 0 saturated heterocycles. The number of para-hydroxylation sites is 1. The van der Waals surface area contributed by atoms with Gasteiger partial charge in [-0.2, -0.15) is 0 Å². The first-order valence-electron chi connectivity index (χ1n) is 8.36. The third-order valence-corrected chi connectivity index (χ3v) is 5.35. The lowest BCUT2D eigenvalue weighted by Crippen LogP contribution is -2.40. The van der Waals surface area contributed by atoms with Gasteiger partial charge in [0.05, 0.1) is 0 Å². The van der Waals surface area contributed by atoms with Crippen LogP contribution in [0.4, 0.5) is 0 Å². The average Bonchev–Trinajstić information content (AvgIpc) is 3.25. The Hall–Kier alpha value is -1.02. The van der Waals surface area contributed by atoms with E-state index in [9.17, 15) is 0 Å². The van der Waals surface area contributed by atoms with Gasteiger partial charge in [-0.05, 0) is 49.1 Å². The zero-order valence-electron chi connectivity index (χ0n) is 12.2. The van der Waals surface area contributed by atoms with E-state index < -0.39 is 0 Å². The van der Waals surface area contributed by atoms with Crippen molar-refractivity contribution in [1.82, 2.24) is 5.32 Å². The topological polar surface area (TPSA) is 21.3 Å². The fourth-order valence-electron chi connectivity index (χ4n) is 4.07. The molecule has 2 saturated carbocycles. The first kappa shape index (κ1) is 12.7. The summed E-state index contributed by atoms with van der Waals surface area (Å²) in [4.78, 5) is 0. The Bertz CT molecular complexity index is 443. The van der Waals surface area contributed by atoms with Crippen molar-refractivity contribution < 1.29 is 4.74 Å². The molecular formula is C18H25NO. The molecule has 3 unspecified atom stereocenters. The van der Waals surface area contributed by atoms with Crippen LogP contribution in [0.25, 0.3) is 0 Å². The van der Waals surface area contributed by atoms with Gasteiger partial charge < -0.3 is 10.1 Å². The van der Waals surface area contributed by atoms with E-state index in [1.165, 1.54) is 44.1 Å². The minimum atomic E-state index is 0.341. The third-order valence-electron chi connectivity index (χ3n) is 5.35. The lowest BCUT2D eigenvalue weighted by atomic mass is 9.82. The van der Waals surface area contributed by atoms with Gasteiger partial charge in [0, 0.05) is 19.0 Å². The van der Waals surface area contributed by atoms with Gasteiger partial charge in [-0.3, -0.25) is 0 Å². The summed E-state index contributed by atoms with van der Waals surface area (Å²) in [5, 5.41) is 3.79. The van der Waals surface area contributed by atoms with Gasteiger partial charge >= 0.3 is 0 Å². The highest BCUT2D eigenvalue weighted by Gasteiger charge is 2.34. The molecule has 0 radical (unpaired) electrons. The van der Waals surface area contributed by atoms with Crippen LogP contribution >= 0.6 is 0 Å². The molecule has 3 atom stereocenters. The van der Waals surface area contributed by atoms with E-state index in [2.05, 4.69) is 29.6 Å². The lowest BCUT2D eigenvalue weighted by molar-refractivity contribution is 0.200. The van der Waals surface area contributed by atoms with Crippen molar-refractivity contribution in [1.29, 1.82) is 0 Å². The van der Waals surface area contributed by atoms with Crippen LogP contribution in [0.5, 0.6) is 5.75 Å². The molecule has 1 N–H and O–H groups in total. The maximum absolute atomic E-state index is 6.02. The van der Waals surface area contributed by atoms with Crippen LogP contribution in [0, 0.1) is 11.8 Å². The monoisotopic (exact) mass is 271 g/mol. The second-order valence-corrected chi connectivity index (χ2v) is 6.92. The van der Waals surface area contributed by atoms with Gasteiger partial charge in [0.1, 0.15) is 11.9 Å². The average molecular weight is 271 g/mol. The summed E-state index contributed by atoms with van der Waals surface area (Å²) in [5.74, 6) is 3.19. The molecule has 0 spiro atoms. The summed E-state index contributed by atoms with van der Waals surface area (Å²) < 4.78 is 6.02. The van der Waals surface area contributed by atoms with Crippen molar-refractivity contribution in [2.75, 3.05) is 6.54 Å². The summed E-state index contributed by atoms with van der Waals surface area (Å²) in [7, 11) is 0. The van der Waals surface area contributed by atoms with E-state index in [1.807, 2.05) is 0 Å². The van der Waals surface area contributed by atoms with Crippen molar-refractivity contribution in [3.63, 3.8) is 0 Å². The Morgan fingerprint density at radius 2 is 1.95 bits per heavy atom. The van der Waals surface area contributed by atoms with Crippen molar-refractivity contribution in [2.24, 2.45) is 11.8 Å². The van der Waals surface area contributed by atoms with E-state index in [0.717, 1.165) is 36.6 Å². The van der Waals surface area contributed by atoms with E-state index >= 15 is 0 Å². The van der Waals surface area contributed by atoms with Gasteiger partial charge in [0.15, 0.2) is 0 Å². The summed E-state index contributed by atoms with van der Waals surface area (Å²) in [6, 6.07) is 9.20. The molecule has 2 fully saturated rings. The summed E-state index contributed by atoms with van der Waals surface area (Å²) >= 11 is 0. The third kappa shape index (κ3) is 2.71. The summed E-state index contributed by atoms with van der Waals surface area (Å²) in [6.45, 7) is 1.01. The van der Waals surface area contributed by atoms with Gasteiger partial charge in [0.25, 0.3) is 0 Å². The first-order valence-corrected chi connectivity index (χ1v) is 8.36. The number of nitrogens with one attached hydrogen (secondary N) is 1. The Balaban J connectivity index is 1.27. The van der Waals surface area contributed by atoms with Crippen LogP contribution in [0.2, 0.25) is 0 Å². The molecule has 20 heavy (non-hydrogen) atoms. The SMILES string of the molecule is c1ccc2c(c1)CC(CNC1CCCC(C3CC3)C1)O2. The number of fused-ring (bicyclic) bond motifs is 1. The van der Waals surface area contributed by atoms with Crippen LogP contribution in [-0.4, -0.2) is 18.7 Å². The molecule has 1 heterocycles. The van der Waals surface area contributed by atoms with Crippen molar-refractivity contribution in [2.45, 2.75) is 57.1 Å². The molecule has 1 aliphatic heterocycles. The zero-order valence-corrected chi connectivity index (χ0v) is 12.2. The molecule has 108 valence electrons. The fraction of sp³-hybridized carbons (Fsp3) is 0.667. The number of rotatable bonds is 4. The van der Waals surface area contributed by atoms with Crippen LogP contribution < -0.4 is 10.1 Å². The normalized spacial score (nSPS) is 32.7. The standard InChI is InChI=1S/C18H25NO/c1-2-7-18-15(4-1)11-17(20-18)12-19-16-6-3-5-14(10-16)13-8-9-13/h1-2,4,7,13-14,16-17,19H,3,5-6,8-12H2. The van der Waals surface area contributed by atoms with Gasteiger partial charge in [-0.1, -0.05) is 31.0 Å². The molecule has 2 nitrogen and oxygen atoms in total. The molecule has 0 bridgehead atoms. The van der Waals surface area contributed by atoms with Gasteiger partial charge in [-0.15, -0.1) is 0 Å². The summed E-state index contributed by atoms with van der Waals surface area (Å²) in [5.41, 5.74) is 1.37. The van der Waals surface area contributed by atoms with Gasteiger partial charge in [0.2, 0.25) is 0 Å². The Morgan fingerprint density at radius 3 is 2.80 bits per heavy atom. The largest absolute Gasteiger partial charge is 0.488 e. The van der Waals surface area contributed by atoms with E-state index in [4.69, 9.17) is 4.74 Å². The number of hydrogen-bond donors (Lipinski definition) is 1. The Labute approximate surface area is 121 Å². The summed E-state index contributed by atoms with van der Waals surface area (Å²) in [6.07, 6.45) is 10.1. The van der Waals surface area contributed by atoms with E-state index in [1.54, 1.807) is 0 Å². The first-order chi connectivity index (χ1) is 9.88. The number of ether oxygens (including phenoxy) is 1. The molecule has 1 aromatic carbocycles. The highest BCUT2D eigenvalue weighted by Crippen LogP contribution is 2.43. The van der Waals surface area contributed by atoms with E-state index in [-0.39, 0.29) is 0 Å². The quantitative estimate of drug-likeness (QED) is 0.904. The maximum atomic E-state index is 6.02. The molecule has 2 aliphatic carbocycles. The number of benzene rings is 1. The minimum Gasteiger partial charge on any atom is -0.488 e. The second-order valence-electron chi connectivity index (χ2n) is 6.92. The van der Waals surface area contributed by atoms with Crippen LogP contribution in [-0.2, 0) is 6.42 Å². The van der Waals surface area contributed by atoms with E-state index in [0.29, 0.717) is 6.10 Å². The number of hydrogen-bond acceptors (Lipinski definition) is 2. The fourth-order valence-corrected chi connectivity index (χ4v) is 4.07. The minimum absolute atomic E-state index is 0.341. The van der Waals surface area contributed by atoms with Crippen LogP contribution in [0.15, 0.2) is 24.3 Å².